The van der Waals surface area contributed by atoms with E-state index in [0.29, 0.717) is 32.5 Å². The minimum atomic E-state index is -4.40. The number of benzene rings is 2. The van der Waals surface area contributed by atoms with E-state index >= 15 is 0 Å². The molecule has 6 nitrogen and oxygen atoms in total. The molecule has 0 amide bonds. The Hall–Kier alpha value is -3.31. The number of alkyl halides is 3. The predicted octanol–water partition coefficient (Wildman–Crippen LogP) is 5.47. The fraction of sp³-hybridized carbons (Fsp3) is 0.174. The molecule has 3 aromatic heterocycles. The van der Waals surface area contributed by atoms with Gasteiger partial charge in [0.1, 0.15) is 10.4 Å². The van der Waals surface area contributed by atoms with Gasteiger partial charge in [0, 0.05) is 5.75 Å². The smallest absolute Gasteiger partial charge is 0.416 e. The molecule has 0 aliphatic rings. The van der Waals surface area contributed by atoms with Gasteiger partial charge in [-0.15, -0.1) is 21.5 Å². The van der Waals surface area contributed by atoms with E-state index in [4.69, 9.17) is 4.74 Å². The number of hydrogen-bond acceptors (Lipinski definition) is 6. The summed E-state index contributed by atoms with van der Waals surface area (Å²) in [6, 6.07) is 14.4. The third kappa shape index (κ3) is 4.16. The van der Waals surface area contributed by atoms with Crippen molar-refractivity contribution < 1.29 is 17.9 Å². The topological polar surface area (TPSA) is 61.4 Å². The second kappa shape index (κ2) is 8.80. The lowest BCUT2D eigenvalue weighted by Crippen LogP contribution is -2.23. The largest absolute Gasteiger partial charge is 0.497 e. The first-order valence-electron chi connectivity index (χ1n) is 10.1. The van der Waals surface area contributed by atoms with Gasteiger partial charge in [-0.05, 0) is 40.8 Å². The molecule has 5 aromatic rings. The van der Waals surface area contributed by atoms with Crippen LogP contribution in [0.15, 0.2) is 69.9 Å². The average Bonchev–Trinajstić information content (AvgIpc) is 3.48. The highest BCUT2D eigenvalue weighted by Gasteiger charge is 2.30. The second-order valence-corrected chi connectivity index (χ2v) is 9.34. The lowest BCUT2D eigenvalue weighted by Gasteiger charge is -2.10. The minimum absolute atomic E-state index is 0.171. The van der Waals surface area contributed by atoms with Crippen LogP contribution in [-0.2, 0) is 18.5 Å². The zero-order valence-electron chi connectivity index (χ0n) is 17.7. The molecule has 0 spiro atoms. The number of ether oxygens (including phenoxy) is 1. The van der Waals surface area contributed by atoms with Gasteiger partial charge in [-0.1, -0.05) is 42.1 Å². The normalized spacial score (nSPS) is 12.0. The van der Waals surface area contributed by atoms with E-state index in [2.05, 4.69) is 10.2 Å². The molecule has 0 aliphatic heterocycles. The highest BCUT2D eigenvalue weighted by Crippen LogP contribution is 2.32. The van der Waals surface area contributed by atoms with E-state index in [0.717, 1.165) is 17.7 Å². The number of hydrogen-bond donors (Lipinski definition) is 0. The number of nitrogens with zero attached hydrogens (tertiary/aromatic N) is 4. The van der Waals surface area contributed by atoms with Gasteiger partial charge < -0.3 is 4.74 Å². The number of thioether (sulfide) groups is 1. The summed E-state index contributed by atoms with van der Waals surface area (Å²) in [4.78, 5) is 13.2. The zero-order valence-corrected chi connectivity index (χ0v) is 19.4. The summed E-state index contributed by atoms with van der Waals surface area (Å²) in [6.07, 6.45) is -4.40. The average molecular weight is 503 g/mol. The third-order valence-electron chi connectivity index (χ3n) is 5.30. The van der Waals surface area contributed by atoms with Crippen LogP contribution in [0.4, 0.5) is 13.2 Å². The van der Waals surface area contributed by atoms with E-state index in [1.54, 1.807) is 22.1 Å². The molecular formula is C23H17F3N4O2S2. The lowest BCUT2D eigenvalue weighted by molar-refractivity contribution is -0.137. The van der Waals surface area contributed by atoms with Crippen molar-refractivity contribution in [3.8, 4) is 5.75 Å². The van der Waals surface area contributed by atoms with E-state index in [9.17, 15) is 18.0 Å². The Morgan fingerprint density at radius 2 is 1.85 bits per heavy atom. The van der Waals surface area contributed by atoms with Crippen LogP contribution in [0.5, 0.6) is 5.75 Å². The number of methoxy groups -OCH3 is 1. The van der Waals surface area contributed by atoms with Crippen molar-refractivity contribution in [2.45, 2.75) is 23.6 Å². The highest BCUT2D eigenvalue weighted by molar-refractivity contribution is 7.98. The maximum atomic E-state index is 13.2. The number of rotatable bonds is 6. The van der Waals surface area contributed by atoms with Gasteiger partial charge in [0.15, 0.2) is 5.16 Å². The first-order chi connectivity index (χ1) is 16.3. The fourth-order valence-corrected chi connectivity index (χ4v) is 5.34. The summed E-state index contributed by atoms with van der Waals surface area (Å²) in [5.41, 5.74) is 1.22. The standard InChI is InChI=1S/C23H17F3N4O2S2/c1-32-17-7-5-14(6-8-17)12-29-20(31)19-18(9-10-33-19)30-21(29)27-28-22(30)34-13-15-3-2-4-16(11-15)23(24,25)26/h2-11H,12-13H2,1H3. The van der Waals surface area contributed by atoms with Gasteiger partial charge in [0.25, 0.3) is 5.56 Å². The first kappa shape index (κ1) is 22.5. The van der Waals surface area contributed by atoms with Crippen LogP contribution < -0.4 is 10.3 Å². The van der Waals surface area contributed by atoms with Crippen LogP contribution in [0.25, 0.3) is 16.0 Å². The van der Waals surface area contributed by atoms with Crippen LogP contribution in [-0.4, -0.2) is 26.3 Å². The summed E-state index contributed by atoms with van der Waals surface area (Å²) in [5, 5.41) is 10.8. The molecular weight excluding hydrogens is 485 g/mol. The molecule has 174 valence electrons. The zero-order chi connectivity index (χ0) is 23.9. The Kier molecular flexibility index (Phi) is 5.82. The summed E-state index contributed by atoms with van der Waals surface area (Å²) in [7, 11) is 1.59. The van der Waals surface area contributed by atoms with Crippen molar-refractivity contribution in [1.29, 1.82) is 0 Å². The molecule has 0 fully saturated rings. The van der Waals surface area contributed by atoms with Crippen molar-refractivity contribution in [2.75, 3.05) is 7.11 Å². The van der Waals surface area contributed by atoms with Crippen molar-refractivity contribution in [3.63, 3.8) is 0 Å². The molecule has 0 unspecified atom stereocenters. The molecule has 0 bridgehead atoms. The van der Waals surface area contributed by atoms with Crippen molar-refractivity contribution >= 4 is 39.1 Å². The molecule has 11 heteroatoms. The number of thiophene rings is 1. The molecule has 0 aliphatic carbocycles. The van der Waals surface area contributed by atoms with Crippen molar-refractivity contribution in [3.05, 3.63) is 87.0 Å². The lowest BCUT2D eigenvalue weighted by atomic mass is 10.1. The Bertz CT molecular complexity index is 1540. The number of halogens is 3. The van der Waals surface area contributed by atoms with Gasteiger partial charge >= 0.3 is 6.18 Å². The quantitative estimate of drug-likeness (QED) is 0.288. The Labute approximate surface area is 199 Å². The molecule has 0 radical (unpaired) electrons. The van der Waals surface area contributed by atoms with Gasteiger partial charge in [-0.3, -0.25) is 13.8 Å². The van der Waals surface area contributed by atoms with Gasteiger partial charge in [0.2, 0.25) is 5.78 Å². The Morgan fingerprint density at radius 3 is 2.59 bits per heavy atom. The van der Waals surface area contributed by atoms with Crippen molar-refractivity contribution in [2.24, 2.45) is 0 Å². The third-order valence-corrected chi connectivity index (χ3v) is 7.20. The SMILES string of the molecule is COc1ccc(Cn2c(=O)c3sccc3n3c(SCc4cccc(C(F)(F)F)c4)nnc23)cc1. The fourth-order valence-electron chi connectivity index (χ4n) is 3.63. The van der Waals surface area contributed by atoms with Crippen LogP contribution >= 0.6 is 23.1 Å². The number of aromatic nitrogens is 4. The van der Waals surface area contributed by atoms with Crippen LogP contribution in [0, 0.1) is 0 Å². The van der Waals surface area contributed by atoms with Crippen LogP contribution in [0.2, 0.25) is 0 Å². The monoisotopic (exact) mass is 502 g/mol. The summed E-state index contributed by atoms with van der Waals surface area (Å²) < 4.78 is 48.3. The van der Waals surface area contributed by atoms with E-state index in [-0.39, 0.29) is 17.9 Å². The minimum Gasteiger partial charge on any atom is -0.497 e. The molecule has 3 heterocycles. The highest BCUT2D eigenvalue weighted by atomic mass is 32.2. The summed E-state index contributed by atoms with van der Waals surface area (Å²) in [5.74, 6) is 1.36. The van der Waals surface area contributed by atoms with Gasteiger partial charge in [-0.25, -0.2) is 0 Å². The van der Waals surface area contributed by atoms with E-state index in [1.165, 1.54) is 29.2 Å². The Morgan fingerprint density at radius 1 is 1.06 bits per heavy atom. The van der Waals surface area contributed by atoms with E-state index in [1.807, 2.05) is 35.7 Å². The molecule has 0 N–H and O–H groups in total. The molecule has 0 saturated carbocycles. The van der Waals surface area contributed by atoms with Crippen molar-refractivity contribution in [1.82, 2.24) is 19.2 Å². The summed E-state index contributed by atoms with van der Waals surface area (Å²) in [6.45, 7) is 0.288. The van der Waals surface area contributed by atoms with Crippen LogP contribution in [0.3, 0.4) is 0 Å². The molecule has 0 atom stereocenters. The predicted molar refractivity (Wildman–Crippen MR) is 126 cm³/mol. The Balaban J connectivity index is 1.53. The van der Waals surface area contributed by atoms with Gasteiger partial charge in [-0.2, -0.15) is 13.2 Å². The van der Waals surface area contributed by atoms with E-state index < -0.39 is 11.7 Å². The maximum Gasteiger partial charge on any atom is 0.416 e. The molecule has 2 aromatic carbocycles. The van der Waals surface area contributed by atoms with Gasteiger partial charge in [0.05, 0.1) is 24.7 Å². The molecule has 5 rings (SSSR count). The first-order valence-corrected chi connectivity index (χ1v) is 12.0. The van der Waals surface area contributed by atoms with Crippen LogP contribution in [0.1, 0.15) is 16.7 Å². The molecule has 0 saturated heterocycles. The second-order valence-electron chi connectivity index (χ2n) is 7.48. The number of fused-ring (bicyclic) bond motifs is 3. The molecule has 34 heavy (non-hydrogen) atoms. The maximum absolute atomic E-state index is 13.2. The summed E-state index contributed by atoms with van der Waals surface area (Å²) >= 11 is 2.59.